The van der Waals surface area contributed by atoms with Crippen molar-refractivity contribution < 1.29 is 4.92 Å². The number of nitro benzene ring substituents is 1. The maximum absolute atomic E-state index is 11.3. The van der Waals surface area contributed by atoms with E-state index in [0.717, 1.165) is 27.9 Å². The Morgan fingerprint density at radius 2 is 2.17 bits per heavy atom. The van der Waals surface area contributed by atoms with Gasteiger partial charge >= 0.3 is 0 Å². The molecule has 0 amide bonds. The Bertz CT molecular complexity index is 928. The van der Waals surface area contributed by atoms with Gasteiger partial charge in [-0.05, 0) is 31.5 Å². The SMILES string of the molecule is C=CCc1cc2c(-c3ccnc(C)c3)nn(C)c2cc1[N+](=O)[O-]. The predicted molar refractivity (Wildman–Crippen MR) is 89.2 cm³/mol. The van der Waals surface area contributed by atoms with Crippen LogP contribution in [0.15, 0.2) is 43.1 Å². The predicted octanol–water partition coefficient (Wildman–Crippen LogP) is 3.58. The molecule has 0 radical (unpaired) electrons. The molecule has 0 fully saturated rings. The minimum atomic E-state index is -0.360. The van der Waals surface area contributed by atoms with Crippen LogP contribution >= 0.6 is 0 Å². The number of allylic oxidation sites excluding steroid dienone is 1. The van der Waals surface area contributed by atoms with Crippen LogP contribution in [0, 0.1) is 17.0 Å². The van der Waals surface area contributed by atoms with Crippen LogP contribution in [0.3, 0.4) is 0 Å². The number of nitrogens with zero attached hydrogens (tertiary/aromatic N) is 4. The van der Waals surface area contributed by atoms with Gasteiger partial charge in [0.15, 0.2) is 0 Å². The highest BCUT2D eigenvalue weighted by molar-refractivity contribution is 5.95. The number of fused-ring (bicyclic) bond motifs is 1. The second-order valence-electron chi connectivity index (χ2n) is 5.41. The van der Waals surface area contributed by atoms with Crippen molar-refractivity contribution in [3.8, 4) is 11.3 Å². The molecule has 0 N–H and O–H groups in total. The van der Waals surface area contributed by atoms with Gasteiger partial charge in [-0.25, -0.2) is 0 Å². The zero-order valence-electron chi connectivity index (χ0n) is 13.0. The third-order valence-corrected chi connectivity index (χ3v) is 3.78. The van der Waals surface area contributed by atoms with Crippen molar-refractivity contribution in [1.82, 2.24) is 14.8 Å². The van der Waals surface area contributed by atoms with E-state index in [2.05, 4.69) is 16.7 Å². The molecule has 0 aliphatic heterocycles. The van der Waals surface area contributed by atoms with E-state index in [0.29, 0.717) is 12.0 Å². The summed E-state index contributed by atoms with van der Waals surface area (Å²) in [5.74, 6) is 0. The number of benzene rings is 1. The highest BCUT2D eigenvalue weighted by atomic mass is 16.6. The van der Waals surface area contributed by atoms with E-state index in [9.17, 15) is 10.1 Å². The highest BCUT2D eigenvalue weighted by Gasteiger charge is 2.19. The molecule has 0 bridgehead atoms. The number of rotatable bonds is 4. The molecule has 3 aromatic rings. The average molecular weight is 308 g/mol. The van der Waals surface area contributed by atoms with Crippen molar-refractivity contribution in [2.24, 2.45) is 7.05 Å². The van der Waals surface area contributed by atoms with Crippen molar-refractivity contribution >= 4 is 16.6 Å². The molecule has 0 aliphatic carbocycles. The van der Waals surface area contributed by atoms with Gasteiger partial charge < -0.3 is 0 Å². The van der Waals surface area contributed by atoms with E-state index in [4.69, 9.17) is 0 Å². The lowest BCUT2D eigenvalue weighted by atomic mass is 10.0. The number of nitro groups is 1. The summed E-state index contributed by atoms with van der Waals surface area (Å²) in [7, 11) is 1.79. The first-order chi connectivity index (χ1) is 11.0. The maximum atomic E-state index is 11.3. The quantitative estimate of drug-likeness (QED) is 0.419. The summed E-state index contributed by atoms with van der Waals surface area (Å²) in [5, 5.41) is 16.7. The molecular weight excluding hydrogens is 292 g/mol. The minimum Gasteiger partial charge on any atom is -0.267 e. The summed E-state index contributed by atoms with van der Waals surface area (Å²) < 4.78 is 1.67. The maximum Gasteiger partial charge on any atom is 0.275 e. The summed E-state index contributed by atoms with van der Waals surface area (Å²) in [4.78, 5) is 15.1. The van der Waals surface area contributed by atoms with Crippen molar-refractivity contribution in [3.05, 3.63) is 64.5 Å². The average Bonchev–Trinajstić information content (AvgIpc) is 2.83. The van der Waals surface area contributed by atoms with Crippen LogP contribution in [0.2, 0.25) is 0 Å². The first kappa shape index (κ1) is 14.9. The molecule has 1 aromatic carbocycles. The van der Waals surface area contributed by atoms with E-state index in [1.807, 2.05) is 25.1 Å². The molecule has 2 heterocycles. The fourth-order valence-corrected chi connectivity index (χ4v) is 2.73. The first-order valence-corrected chi connectivity index (χ1v) is 7.19. The van der Waals surface area contributed by atoms with E-state index < -0.39 is 0 Å². The lowest BCUT2D eigenvalue weighted by Crippen LogP contribution is -1.96. The first-order valence-electron chi connectivity index (χ1n) is 7.19. The molecule has 6 heteroatoms. The van der Waals surface area contributed by atoms with Crippen LogP contribution in [-0.4, -0.2) is 19.7 Å². The monoisotopic (exact) mass is 308 g/mol. The number of aryl methyl sites for hydroxylation is 2. The van der Waals surface area contributed by atoms with Gasteiger partial charge in [-0.2, -0.15) is 5.10 Å². The van der Waals surface area contributed by atoms with Crippen LogP contribution in [0.4, 0.5) is 5.69 Å². The van der Waals surface area contributed by atoms with Gasteiger partial charge in [0.05, 0.1) is 10.4 Å². The summed E-state index contributed by atoms with van der Waals surface area (Å²) in [6, 6.07) is 7.27. The number of hydrogen-bond acceptors (Lipinski definition) is 4. The normalized spacial score (nSPS) is 10.9. The van der Waals surface area contributed by atoms with Crippen molar-refractivity contribution in [3.63, 3.8) is 0 Å². The fourth-order valence-electron chi connectivity index (χ4n) is 2.73. The lowest BCUT2D eigenvalue weighted by Gasteiger charge is -2.03. The Kier molecular flexibility index (Phi) is 3.65. The third-order valence-electron chi connectivity index (χ3n) is 3.78. The molecule has 0 unspecified atom stereocenters. The topological polar surface area (TPSA) is 73.8 Å². The van der Waals surface area contributed by atoms with Crippen LogP contribution < -0.4 is 0 Å². The second-order valence-corrected chi connectivity index (χ2v) is 5.41. The number of aromatic nitrogens is 3. The number of hydrogen-bond donors (Lipinski definition) is 0. The molecule has 0 saturated carbocycles. The van der Waals surface area contributed by atoms with E-state index in [-0.39, 0.29) is 10.6 Å². The Balaban J connectivity index is 2.31. The summed E-state index contributed by atoms with van der Waals surface area (Å²) in [5.41, 5.74) is 4.11. The van der Waals surface area contributed by atoms with E-state index >= 15 is 0 Å². The smallest absolute Gasteiger partial charge is 0.267 e. The molecule has 116 valence electrons. The standard InChI is InChI=1S/C17H16N4O2/c1-4-5-12-9-14-16(10-15(12)21(22)23)20(3)19-17(14)13-6-7-18-11(2)8-13/h4,6-10H,1,5H2,2-3H3. The Labute approximate surface area is 133 Å². The summed E-state index contributed by atoms with van der Waals surface area (Å²) >= 11 is 0. The van der Waals surface area contributed by atoms with Crippen molar-refractivity contribution in [2.75, 3.05) is 0 Å². The molecule has 0 saturated heterocycles. The molecule has 23 heavy (non-hydrogen) atoms. The van der Waals surface area contributed by atoms with Gasteiger partial charge in [-0.15, -0.1) is 6.58 Å². The molecule has 6 nitrogen and oxygen atoms in total. The van der Waals surface area contributed by atoms with Crippen LogP contribution in [0.5, 0.6) is 0 Å². The van der Waals surface area contributed by atoms with Crippen molar-refractivity contribution in [1.29, 1.82) is 0 Å². The Morgan fingerprint density at radius 1 is 1.39 bits per heavy atom. The Morgan fingerprint density at radius 3 is 2.83 bits per heavy atom. The van der Waals surface area contributed by atoms with Gasteiger partial charge in [-0.1, -0.05) is 6.08 Å². The second kappa shape index (κ2) is 5.64. The molecule has 3 rings (SSSR count). The van der Waals surface area contributed by atoms with Gasteiger partial charge in [0.2, 0.25) is 0 Å². The largest absolute Gasteiger partial charge is 0.275 e. The molecular formula is C17H16N4O2. The van der Waals surface area contributed by atoms with Gasteiger partial charge in [0, 0.05) is 41.5 Å². The number of pyridine rings is 1. The van der Waals surface area contributed by atoms with E-state index in [1.165, 1.54) is 0 Å². The highest BCUT2D eigenvalue weighted by Crippen LogP contribution is 2.33. The fraction of sp³-hybridized carbons (Fsp3) is 0.176. The molecule has 2 aromatic heterocycles. The molecule has 0 atom stereocenters. The minimum absolute atomic E-state index is 0.0952. The zero-order valence-corrected chi connectivity index (χ0v) is 13.0. The lowest BCUT2D eigenvalue weighted by molar-refractivity contribution is -0.385. The van der Waals surface area contributed by atoms with Gasteiger partial charge in [-0.3, -0.25) is 19.8 Å². The summed E-state index contributed by atoms with van der Waals surface area (Å²) in [6.07, 6.45) is 3.85. The van der Waals surface area contributed by atoms with Crippen LogP contribution in [-0.2, 0) is 13.5 Å². The van der Waals surface area contributed by atoms with Gasteiger partial charge in [0.25, 0.3) is 5.69 Å². The zero-order chi connectivity index (χ0) is 16.6. The third kappa shape index (κ3) is 2.59. The Hall–Kier alpha value is -3.02. The molecule has 0 aliphatic rings. The molecule has 0 spiro atoms. The summed E-state index contributed by atoms with van der Waals surface area (Å²) in [6.45, 7) is 5.60. The van der Waals surface area contributed by atoms with Crippen molar-refractivity contribution in [2.45, 2.75) is 13.3 Å². The van der Waals surface area contributed by atoms with Crippen LogP contribution in [0.25, 0.3) is 22.2 Å². The van der Waals surface area contributed by atoms with E-state index in [1.54, 1.807) is 30.1 Å². The van der Waals surface area contributed by atoms with Gasteiger partial charge in [0.1, 0.15) is 5.69 Å². The van der Waals surface area contributed by atoms with Crippen LogP contribution in [0.1, 0.15) is 11.3 Å².